The minimum atomic E-state index is -0.414. The van der Waals surface area contributed by atoms with E-state index in [-0.39, 0.29) is 17.9 Å². The number of halogens is 1. The van der Waals surface area contributed by atoms with Crippen LogP contribution in [0.5, 0.6) is 0 Å². The van der Waals surface area contributed by atoms with E-state index in [2.05, 4.69) is 15.7 Å². The molecule has 7 heteroatoms. The summed E-state index contributed by atoms with van der Waals surface area (Å²) in [4.78, 5) is 23.4. The second-order valence-electron chi connectivity index (χ2n) is 4.05. The summed E-state index contributed by atoms with van der Waals surface area (Å²) in [5.41, 5.74) is 0.646. The molecule has 6 nitrogen and oxygen atoms in total. The van der Waals surface area contributed by atoms with Crippen molar-refractivity contribution in [1.29, 1.82) is 0 Å². The highest BCUT2D eigenvalue weighted by atomic mass is 19.1. The first-order valence-corrected chi connectivity index (χ1v) is 5.89. The Morgan fingerprint density at radius 2 is 2.00 bits per heavy atom. The topological polar surface area (TPSA) is 76.0 Å². The summed E-state index contributed by atoms with van der Waals surface area (Å²) in [6, 6.07) is 6.70. The Labute approximate surface area is 114 Å². The molecule has 0 spiro atoms. The molecule has 0 saturated heterocycles. The maximum Gasteiger partial charge on any atom is 0.269 e. The van der Waals surface area contributed by atoms with Crippen LogP contribution in [-0.2, 0) is 11.3 Å². The predicted octanol–water partition coefficient (Wildman–Crippen LogP) is 1.06. The number of hydrogen-bond acceptors (Lipinski definition) is 4. The Bertz CT molecular complexity index is 667. The van der Waals surface area contributed by atoms with Crippen molar-refractivity contribution in [3.63, 3.8) is 0 Å². The molecule has 0 saturated carbocycles. The first-order valence-electron chi connectivity index (χ1n) is 5.89. The summed E-state index contributed by atoms with van der Waals surface area (Å²) in [6.45, 7) is -0.208. The van der Waals surface area contributed by atoms with E-state index in [1.165, 1.54) is 36.5 Å². The van der Waals surface area contributed by atoms with Gasteiger partial charge in [0.2, 0.25) is 5.91 Å². The average Bonchev–Trinajstić information content (AvgIpc) is 2.43. The Kier molecular flexibility index (Phi) is 4.09. The molecular formula is C13H13FN4O2. The fraction of sp³-hybridized carbons (Fsp3) is 0.154. The summed E-state index contributed by atoms with van der Waals surface area (Å²) < 4.78 is 13.8. The van der Waals surface area contributed by atoms with Gasteiger partial charge in [-0.25, -0.2) is 9.07 Å². The Hall–Kier alpha value is -2.70. The molecule has 0 fully saturated rings. The maximum absolute atomic E-state index is 12.7. The second-order valence-corrected chi connectivity index (χ2v) is 4.05. The van der Waals surface area contributed by atoms with E-state index < -0.39 is 5.91 Å². The number of carbonyl (C=O) groups excluding carboxylic acids is 1. The number of nitrogens with zero attached hydrogens (tertiary/aromatic N) is 2. The number of rotatable bonds is 4. The van der Waals surface area contributed by atoms with Gasteiger partial charge in [-0.2, -0.15) is 5.10 Å². The van der Waals surface area contributed by atoms with Gasteiger partial charge in [0.1, 0.15) is 12.4 Å². The summed E-state index contributed by atoms with van der Waals surface area (Å²) in [6.07, 6.45) is 1.45. The van der Waals surface area contributed by atoms with Crippen LogP contribution in [0.3, 0.4) is 0 Å². The molecule has 0 aliphatic rings. The summed E-state index contributed by atoms with van der Waals surface area (Å²) in [5.74, 6) is -0.799. The second kappa shape index (κ2) is 5.96. The number of nitrogens with one attached hydrogen (secondary N) is 2. The summed E-state index contributed by atoms with van der Waals surface area (Å²) in [7, 11) is 1.67. The predicted molar refractivity (Wildman–Crippen MR) is 73.1 cm³/mol. The van der Waals surface area contributed by atoms with E-state index in [1.807, 2.05) is 0 Å². The van der Waals surface area contributed by atoms with Gasteiger partial charge in [-0.15, -0.1) is 0 Å². The van der Waals surface area contributed by atoms with Gasteiger partial charge in [-0.1, -0.05) is 0 Å². The van der Waals surface area contributed by atoms with Gasteiger partial charge in [0, 0.05) is 18.8 Å². The molecule has 1 aromatic heterocycles. The molecule has 1 heterocycles. The minimum Gasteiger partial charge on any atom is -0.387 e. The molecule has 104 valence electrons. The van der Waals surface area contributed by atoms with Gasteiger partial charge in [0.15, 0.2) is 0 Å². The van der Waals surface area contributed by atoms with E-state index in [9.17, 15) is 14.0 Å². The monoisotopic (exact) mass is 276 g/mol. The van der Waals surface area contributed by atoms with Gasteiger partial charge < -0.3 is 10.6 Å². The van der Waals surface area contributed by atoms with Crippen LogP contribution in [-0.4, -0.2) is 22.7 Å². The number of anilines is 2. The highest BCUT2D eigenvalue weighted by Gasteiger charge is 2.06. The first-order chi connectivity index (χ1) is 9.58. The highest BCUT2D eigenvalue weighted by Crippen LogP contribution is 2.08. The van der Waals surface area contributed by atoms with Crippen LogP contribution < -0.4 is 16.2 Å². The first kappa shape index (κ1) is 13.7. The maximum atomic E-state index is 12.7. The van der Waals surface area contributed by atoms with Gasteiger partial charge in [0.25, 0.3) is 5.56 Å². The Balaban J connectivity index is 2.04. The third-order valence-corrected chi connectivity index (χ3v) is 2.58. The average molecular weight is 276 g/mol. The lowest BCUT2D eigenvalue weighted by Gasteiger charge is -2.07. The van der Waals surface area contributed by atoms with E-state index in [0.29, 0.717) is 11.4 Å². The van der Waals surface area contributed by atoms with Crippen molar-refractivity contribution >= 4 is 17.3 Å². The molecular weight excluding hydrogens is 263 g/mol. The number of aromatic nitrogens is 2. The largest absolute Gasteiger partial charge is 0.387 e. The zero-order valence-electron chi connectivity index (χ0n) is 10.8. The van der Waals surface area contributed by atoms with E-state index in [1.54, 1.807) is 7.05 Å². The Morgan fingerprint density at radius 3 is 2.60 bits per heavy atom. The molecule has 1 aromatic carbocycles. The summed E-state index contributed by atoms with van der Waals surface area (Å²) >= 11 is 0. The van der Waals surface area contributed by atoms with Crippen molar-refractivity contribution in [3.8, 4) is 0 Å². The number of benzene rings is 1. The fourth-order valence-corrected chi connectivity index (χ4v) is 1.56. The van der Waals surface area contributed by atoms with Crippen molar-refractivity contribution in [2.45, 2.75) is 6.54 Å². The van der Waals surface area contributed by atoms with Crippen molar-refractivity contribution in [2.75, 3.05) is 17.7 Å². The van der Waals surface area contributed by atoms with Crippen LogP contribution in [0.15, 0.2) is 41.3 Å². The highest BCUT2D eigenvalue weighted by molar-refractivity contribution is 5.90. The number of hydrogen-bond donors (Lipinski definition) is 2. The lowest BCUT2D eigenvalue weighted by molar-refractivity contribution is -0.117. The molecule has 0 atom stereocenters. The van der Waals surface area contributed by atoms with Gasteiger partial charge in [0.05, 0.1) is 11.9 Å². The van der Waals surface area contributed by atoms with Crippen molar-refractivity contribution in [2.24, 2.45) is 0 Å². The molecule has 1 amide bonds. The third kappa shape index (κ3) is 3.41. The number of carbonyl (C=O) groups is 1. The van der Waals surface area contributed by atoms with Crippen LogP contribution in [0.2, 0.25) is 0 Å². The summed E-state index contributed by atoms with van der Waals surface area (Å²) in [5, 5.41) is 9.20. The lowest BCUT2D eigenvalue weighted by Crippen LogP contribution is -2.29. The molecule has 0 aliphatic heterocycles. The number of amides is 1. The molecule has 2 rings (SSSR count). The van der Waals surface area contributed by atoms with E-state index >= 15 is 0 Å². The molecule has 0 radical (unpaired) electrons. The van der Waals surface area contributed by atoms with Crippen molar-refractivity contribution in [1.82, 2.24) is 9.78 Å². The molecule has 2 N–H and O–H groups in total. The molecule has 0 aliphatic carbocycles. The molecule has 20 heavy (non-hydrogen) atoms. The van der Waals surface area contributed by atoms with Gasteiger partial charge in [-0.05, 0) is 24.3 Å². The van der Waals surface area contributed by atoms with Crippen LogP contribution >= 0.6 is 0 Å². The van der Waals surface area contributed by atoms with Crippen LogP contribution in [0.25, 0.3) is 0 Å². The quantitative estimate of drug-likeness (QED) is 0.875. The molecule has 0 unspecified atom stereocenters. The molecule has 0 bridgehead atoms. The van der Waals surface area contributed by atoms with Crippen LogP contribution in [0.1, 0.15) is 0 Å². The molecule has 2 aromatic rings. The van der Waals surface area contributed by atoms with Crippen molar-refractivity contribution in [3.05, 3.63) is 52.7 Å². The standard InChI is InChI=1S/C13H13FN4O2/c1-15-11-6-13(20)18(16-7-11)8-12(19)17-10-4-2-9(14)3-5-10/h2-7,15H,8H2,1H3,(H,17,19). The van der Waals surface area contributed by atoms with Gasteiger partial charge >= 0.3 is 0 Å². The van der Waals surface area contributed by atoms with Crippen LogP contribution in [0, 0.1) is 5.82 Å². The van der Waals surface area contributed by atoms with Gasteiger partial charge in [-0.3, -0.25) is 9.59 Å². The van der Waals surface area contributed by atoms with Crippen molar-refractivity contribution < 1.29 is 9.18 Å². The third-order valence-electron chi connectivity index (χ3n) is 2.58. The fourth-order valence-electron chi connectivity index (χ4n) is 1.56. The smallest absolute Gasteiger partial charge is 0.269 e. The SMILES string of the molecule is CNc1cnn(CC(=O)Nc2ccc(F)cc2)c(=O)c1. The normalized spacial score (nSPS) is 10.1. The lowest BCUT2D eigenvalue weighted by atomic mass is 10.3. The zero-order chi connectivity index (χ0) is 14.5. The van der Waals surface area contributed by atoms with E-state index in [4.69, 9.17) is 0 Å². The van der Waals surface area contributed by atoms with Crippen LogP contribution in [0.4, 0.5) is 15.8 Å². The van der Waals surface area contributed by atoms with E-state index in [0.717, 1.165) is 4.68 Å². The Morgan fingerprint density at radius 1 is 1.30 bits per heavy atom. The minimum absolute atomic E-state index is 0.208. The zero-order valence-corrected chi connectivity index (χ0v) is 10.8.